The Labute approximate surface area is 94.4 Å². The van der Waals surface area contributed by atoms with Gasteiger partial charge in [0.25, 0.3) is 0 Å². The molecule has 5 heteroatoms. The number of carboxylic acids is 1. The predicted molar refractivity (Wildman–Crippen MR) is 55.9 cm³/mol. The third-order valence-electron chi connectivity index (χ3n) is 3.47. The number of rotatable bonds is 2. The molecule has 0 unspecified atom stereocenters. The summed E-state index contributed by atoms with van der Waals surface area (Å²) in [7, 11) is 0. The molecule has 5 nitrogen and oxygen atoms in total. The lowest BCUT2D eigenvalue weighted by atomic mass is 9.94. The smallest absolute Gasteiger partial charge is 0.307 e. The van der Waals surface area contributed by atoms with Gasteiger partial charge in [0.15, 0.2) is 0 Å². The van der Waals surface area contributed by atoms with Crippen molar-refractivity contribution in [3.05, 3.63) is 0 Å². The van der Waals surface area contributed by atoms with Crippen LogP contribution in [0.15, 0.2) is 0 Å². The number of carbonyl (C=O) groups excluding carboxylic acids is 1. The standard InChI is InChI=1S/C11H17NO4/c13-10(12-4-6-16-7-5-12)8-2-1-3-9(8)11(14)15/h8-9H,1-7H2,(H,14,15)/t8-,9+/m1/s1. The van der Waals surface area contributed by atoms with E-state index in [4.69, 9.17) is 9.84 Å². The van der Waals surface area contributed by atoms with Crippen LogP contribution in [-0.4, -0.2) is 48.2 Å². The molecule has 90 valence electrons. The van der Waals surface area contributed by atoms with Crippen molar-refractivity contribution in [1.29, 1.82) is 0 Å². The Hall–Kier alpha value is -1.10. The second-order valence-electron chi connectivity index (χ2n) is 4.42. The van der Waals surface area contributed by atoms with Gasteiger partial charge in [0.05, 0.1) is 25.0 Å². The van der Waals surface area contributed by atoms with Crippen molar-refractivity contribution < 1.29 is 19.4 Å². The summed E-state index contributed by atoms with van der Waals surface area (Å²) in [5.74, 6) is -1.61. The number of hydrogen-bond donors (Lipinski definition) is 1. The molecule has 1 aliphatic heterocycles. The number of ether oxygens (including phenoxy) is 1. The number of carboxylic acid groups (broad SMARTS) is 1. The predicted octanol–water partition coefficient (Wildman–Crippen LogP) is 0.346. The maximum Gasteiger partial charge on any atom is 0.307 e. The van der Waals surface area contributed by atoms with Crippen LogP contribution in [0.2, 0.25) is 0 Å². The van der Waals surface area contributed by atoms with E-state index >= 15 is 0 Å². The van der Waals surface area contributed by atoms with E-state index in [1.54, 1.807) is 4.90 Å². The van der Waals surface area contributed by atoms with E-state index in [0.29, 0.717) is 39.1 Å². The van der Waals surface area contributed by atoms with Crippen molar-refractivity contribution in [2.24, 2.45) is 11.8 Å². The summed E-state index contributed by atoms with van der Waals surface area (Å²) in [6.45, 7) is 2.33. The molecule has 0 bridgehead atoms. The SMILES string of the molecule is O=C(O)[C@H]1CCC[C@H]1C(=O)N1CCOCC1. The lowest BCUT2D eigenvalue weighted by Gasteiger charge is -2.30. The fourth-order valence-electron chi connectivity index (χ4n) is 2.57. The van der Waals surface area contributed by atoms with E-state index in [0.717, 1.165) is 6.42 Å². The molecule has 1 saturated heterocycles. The Balaban J connectivity index is 1.99. The van der Waals surface area contributed by atoms with Crippen molar-refractivity contribution in [3.8, 4) is 0 Å². The van der Waals surface area contributed by atoms with Gasteiger partial charge in [-0.2, -0.15) is 0 Å². The zero-order valence-corrected chi connectivity index (χ0v) is 9.22. The van der Waals surface area contributed by atoms with Gasteiger partial charge in [-0.1, -0.05) is 6.42 Å². The van der Waals surface area contributed by atoms with Crippen LogP contribution in [-0.2, 0) is 14.3 Å². The lowest BCUT2D eigenvalue weighted by molar-refractivity contribution is -0.150. The van der Waals surface area contributed by atoms with Gasteiger partial charge in [-0.25, -0.2) is 0 Å². The van der Waals surface area contributed by atoms with Crippen molar-refractivity contribution in [2.75, 3.05) is 26.3 Å². The third kappa shape index (κ3) is 2.19. The van der Waals surface area contributed by atoms with Gasteiger partial charge >= 0.3 is 5.97 Å². The minimum Gasteiger partial charge on any atom is -0.481 e. The molecule has 1 heterocycles. The molecule has 1 N–H and O–H groups in total. The highest BCUT2D eigenvalue weighted by Gasteiger charge is 2.39. The van der Waals surface area contributed by atoms with E-state index in [9.17, 15) is 9.59 Å². The van der Waals surface area contributed by atoms with Crippen molar-refractivity contribution in [1.82, 2.24) is 4.90 Å². The zero-order valence-electron chi connectivity index (χ0n) is 9.22. The molecule has 0 aromatic heterocycles. The summed E-state index contributed by atoms with van der Waals surface area (Å²) in [6, 6.07) is 0. The van der Waals surface area contributed by atoms with Gasteiger partial charge in [-0.15, -0.1) is 0 Å². The summed E-state index contributed by atoms with van der Waals surface area (Å²) in [4.78, 5) is 24.9. The first-order valence-electron chi connectivity index (χ1n) is 5.79. The minimum absolute atomic E-state index is 0.00759. The molecule has 0 aromatic carbocycles. The van der Waals surface area contributed by atoms with Crippen LogP contribution in [0.4, 0.5) is 0 Å². The molecule has 0 radical (unpaired) electrons. The van der Waals surface area contributed by atoms with Crippen LogP contribution in [0.25, 0.3) is 0 Å². The number of amides is 1. The summed E-state index contributed by atoms with van der Waals surface area (Å²) in [5, 5.41) is 9.04. The van der Waals surface area contributed by atoms with E-state index < -0.39 is 11.9 Å². The van der Waals surface area contributed by atoms with E-state index in [1.165, 1.54) is 0 Å². The summed E-state index contributed by atoms with van der Waals surface area (Å²) in [6.07, 6.45) is 2.20. The largest absolute Gasteiger partial charge is 0.481 e. The van der Waals surface area contributed by atoms with Crippen molar-refractivity contribution >= 4 is 11.9 Å². The quantitative estimate of drug-likeness (QED) is 0.739. The molecule has 1 saturated carbocycles. The van der Waals surface area contributed by atoms with Crippen LogP contribution in [0.5, 0.6) is 0 Å². The average Bonchev–Trinajstić information content (AvgIpc) is 2.78. The molecular weight excluding hydrogens is 210 g/mol. The molecule has 1 amide bonds. The fourth-order valence-corrected chi connectivity index (χ4v) is 2.57. The van der Waals surface area contributed by atoms with Gasteiger partial charge in [0.1, 0.15) is 0 Å². The summed E-state index contributed by atoms with van der Waals surface area (Å²) >= 11 is 0. The van der Waals surface area contributed by atoms with Crippen LogP contribution in [0.3, 0.4) is 0 Å². The van der Waals surface area contributed by atoms with E-state index in [-0.39, 0.29) is 11.8 Å². The van der Waals surface area contributed by atoms with Crippen LogP contribution in [0.1, 0.15) is 19.3 Å². The number of morpholine rings is 1. The molecule has 2 atom stereocenters. The van der Waals surface area contributed by atoms with Crippen molar-refractivity contribution in [2.45, 2.75) is 19.3 Å². The molecule has 1 aliphatic carbocycles. The van der Waals surface area contributed by atoms with Gasteiger partial charge in [0, 0.05) is 13.1 Å². The normalized spacial score (nSPS) is 30.4. The van der Waals surface area contributed by atoms with Gasteiger partial charge in [-0.3, -0.25) is 9.59 Å². The zero-order chi connectivity index (χ0) is 11.5. The van der Waals surface area contributed by atoms with Gasteiger partial charge in [0.2, 0.25) is 5.91 Å². The monoisotopic (exact) mass is 227 g/mol. The van der Waals surface area contributed by atoms with Crippen LogP contribution < -0.4 is 0 Å². The Kier molecular flexibility index (Phi) is 3.43. The Morgan fingerprint density at radius 2 is 1.75 bits per heavy atom. The topological polar surface area (TPSA) is 66.8 Å². The van der Waals surface area contributed by atoms with E-state index in [1.807, 2.05) is 0 Å². The van der Waals surface area contributed by atoms with Gasteiger partial charge in [-0.05, 0) is 12.8 Å². The third-order valence-corrected chi connectivity index (χ3v) is 3.47. The number of carbonyl (C=O) groups is 2. The first-order valence-corrected chi connectivity index (χ1v) is 5.79. The number of aliphatic carboxylic acids is 1. The first kappa shape index (κ1) is 11.4. The maximum absolute atomic E-state index is 12.1. The molecule has 0 spiro atoms. The lowest BCUT2D eigenvalue weighted by Crippen LogP contribution is -2.45. The molecule has 2 rings (SSSR count). The Bertz CT molecular complexity index is 286. The highest BCUT2D eigenvalue weighted by Crippen LogP contribution is 2.33. The second kappa shape index (κ2) is 4.82. The Morgan fingerprint density at radius 1 is 1.12 bits per heavy atom. The van der Waals surface area contributed by atoms with E-state index in [2.05, 4.69) is 0 Å². The highest BCUT2D eigenvalue weighted by atomic mass is 16.5. The summed E-state index contributed by atoms with van der Waals surface area (Å²) < 4.78 is 5.18. The fraction of sp³-hybridized carbons (Fsp3) is 0.818. The van der Waals surface area contributed by atoms with Crippen LogP contribution in [0, 0.1) is 11.8 Å². The molecule has 2 aliphatic rings. The molecular formula is C11H17NO4. The molecule has 0 aromatic rings. The maximum atomic E-state index is 12.1. The van der Waals surface area contributed by atoms with Crippen LogP contribution >= 0.6 is 0 Å². The second-order valence-corrected chi connectivity index (χ2v) is 4.42. The summed E-state index contributed by atoms with van der Waals surface area (Å²) in [5.41, 5.74) is 0. The first-order chi connectivity index (χ1) is 7.70. The van der Waals surface area contributed by atoms with Crippen molar-refractivity contribution in [3.63, 3.8) is 0 Å². The number of hydrogen-bond acceptors (Lipinski definition) is 3. The molecule has 2 fully saturated rings. The average molecular weight is 227 g/mol. The van der Waals surface area contributed by atoms with Gasteiger partial charge < -0.3 is 14.7 Å². The Morgan fingerprint density at radius 3 is 2.38 bits per heavy atom. The highest BCUT2D eigenvalue weighted by molar-refractivity contribution is 5.85. The number of nitrogens with zero attached hydrogens (tertiary/aromatic N) is 1. The minimum atomic E-state index is -0.830. The molecule has 16 heavy (non-hydrogen) atoms.